The lowest BCUT2D eigenvalue weighted by Crippen LogP contribution is -2.44. The zero-order valence-corrected chi connectivity index (χ0v) is 10.1. The van der Waals surface area contributed by atoms with E-state index in [1.165, 1.54) is 6.33 Å². The predicted molar refractivity (Wildman–Crippen MR) is 67.5 cm³/mol. The summed E-state index contributed by atoms with van der Waals surface area (Å²) in [7, 11) is 0. The van der Waals surface area contributed by atoms with Gasteiger partial charge in [0.25, 0.3) is 5.56 Å². The monoisotopic (exact) mass is 268 g/mol. The van der Waals surface area contributed by atoms with Gasteiger partial charge in [0.1, 0.15) is 5.52 Å². The molecule has 0 bridgehead atoms. The van der Waals surface area contributed by atoms with Crippen molar-refractivity contribution < 1.29 is 15.3 Å². The van der Waals surface area contributed by atoms with E-state index >= 15 is 0 Å². The van der Waals surface area contributed by atoms with Gasteiger partial charge in [-0.15, -0.1) is 0 Å². The van der Waals surface area contributed by atoms with E-state index in [0.29, 0.717) is 17.6 Å². The van der Waals surface area contributed by atoms with Crippen molar-refractivity contribution in [2.75, 3.05) is 13.2 Å². The van der Waals surface area contributed by atoms with Crippen LogP contribution in [0.5, 0.6) is 0 Å². The fraction of sp³-hybridized carbons (Fsp3) is 0.455. The zero-order chi connectivity index (χ0) is 13.8. The van der Waals surface area contributed by atoms with Gasteiger partial charge in [0, 0.05) is 18.3 Å². The lowest BCUT2D eigenvalue weighted by molar-refractivity contribution is 0.0411. The van der Waals surface area contributed by atoms with E-state index in [4.69, 9.17) is 10.2 Å². The van der Waals surface area contributed by atoms with E-state index in [9.17, 15) is 9.90 Å². The summed E-state index contributed by atoms with van der Waals surface area (Å²) in [4.78, 5) is 20.8. The Bertz CT molecular complexity index is 594. The maximum absolute atomic E-state index is 11.5. The lowest BCUT2D eigenvalue weighted by Gasteiger charge is -2.20. The molecule has 8 heteroatoms. The van der Waals surface area contributed by atoms with Crippen LogP contribution in [0.4, 0.5) is 0 Å². The molecule has 8 nitrogen and oxygen atoms in total. The highest BCUT2D eigenvalue weighted by Gasteiger charge is 2.17. The van der Waals surface area contributed by atoms with E-state index in [2.05, 4.69) is 20.3 Å². The van der Waals surface area contributed by atoms with Crippen LogP contribution in [-0.4, -0.2) is 55.6 Å². The summed E-state index contributed by atoms with van der Waals surface area (Å²) in [5.41, 5.74) is 1.39. The third-order valence-electron chi connectivity index (χ3n) is 2.95. The number of hydrogen-bond acceptors (Lipinski definition) is 6. The minimum Gasteiger partial charge on any atom is -0.395 e. The molecule has 104 valence electrons. The number of H-pyrrole nitrogens is 2. The van der Waals surface area contributed by atoms with Crippen LogP contribution in [0.2, 0.25) is 0 Å². The molecular weight excluding hydrogens is 252 g/mol. The Balaban J connectivity index is 2.14. The van der Waals surface area contributed by atoms with Gasteiger partial charge in [-0.25, -0.2) is 4.98 Å². The molecule has 0 radical (unpaired) electrons. The molecule has 2 rings (SSSR count). The van der Waals surface area contributed by atoms with Crippen molar-refractivity contribution in [2.45, 2.75) is 18.7 Å². The lowest BCUT2D eigenvalue weighted by atomic mass is 10.1. The number of aliphatic hydroxyl groups is 3. The second-order valence-corrected chi connectivity index (χ2v) is 4.19. The van der Waals surface area contributed by atoms with Crippen LogP contribution in [0.3, 0.4) is 0 Å². The summed E-state index contributed by atoms with van der Waals surface area (Å²) in [5, 5.41) is 30.3. The van der Waals surface area contributed by atoms with Gasteiger partial charge in [0.05, 0.1) is 37.2 Å². The topological polar surface area (TPSA) is 134 Å². The number of aromatic amines is 2. The first kappa shape index (κ1) is 13.7. The molecule has 0 aliphatic carbocycles. The summed E-state index contributed by atoms with van der Waals surface area (Å²) in [6, 6.07) is -0.642. The minimum atomic E-state index is -1.05. The molecule has 0 fully saturated rings. The normalized spacial score (nSPS) is 14.7. The van der Waals surface area contributed by atoms with Gasteiger partial charge in [-0.05, 0) is 0 Å². The number of aliphatic hydroxyl groups excluding tert-OH is 3. The zero-order valence-electron chi connectivity index (χ0n) is 10.1. The van der Waals surface area contributed by atoms with E-state index < -0.39 is 18.8 Å². The number of nitrogens with one attached hydrogen (secondary N) is 3. The van der Waals surface area contributed by atoms with E-state index in [1.807, 2.05) is 0 Å². The van der Waals surface area contributed by atoms with Crippen molar-refractivity contribution >= 4 is 11.0 Å². The molecule has 2 atom stereocenters. The molecule has 0 spiro atoms. The Labute approximate surface area is 108 Å². The fourth-order valence-electron chi connectivity index (χ4n) is 1.83. The molecule has 2 aromatic heterocycles. The quantitative estimate of drug-likeness (QED) is 0.361. The second kappa shape index (κ2) is 5.93. The Kier molecular flexibility index (Phi) is 4.27. The van der Waals surface area contributed by atoms with Crippen molar-refractivity contribution in [1.82, 2.24) is 20.3 Å². The number of fused-ring (bicyclic) bond motifs is 1. The van der Waals surface area contributed by atoms with Crippen molar-refractivity contribution in [3.05, 3.63) is 28.4 Å². The average Bonchev–Trinajstić information content (AvgIpc) is 2.84. The Morgan fingerprint density at radius 2 is 2.11 bits per heavy atom. The highest BCUT2D eigenvalue weighted by molar-refractivity contribution is 5.77. The second-order valence-electron chi connectivity index (χ2n) is 4.19. The van der Waals surface area contributed by atoms with Gasteiger partial charge in [-0.1, -0.05) is 0 Å². The first-order chi connectivity index (χ1) is 9.17. The third kappa shape index (κ3) is 2.82. The van der Waals surface area contributed by atoms with Crippen LogP contribution in [0, 0.1) is 0 Å². The van der Waals surface area contributed by atoms with Crippen molar-refractivity contribution in [3.8, 4) is 0 Å². The van der Waals surface area contributed by atoms with Crippen LogP contribution < -0.4 is 10.9 Å². The molecule has 0 saturated carbocycles. The minimum absolute atomic E-state index is 0.259. The molecule has 0 aliphatic heterocycles. The van der Waals surface area contributed by atoms with Crippen molar-refractivity contribution in [2.24, 2.45) is 0 Å². The largest absolute Gasteiger partial charge is 0.395 e. The number of aromatic nitrogens is 3. The van der Waals surface area contributed by atoms with Crippen LogP contribution in [-0.2, 0) is 6.54 Å². The Morgan fingerprint density at radius 1 is 1.32 bits per heavy atom. The van der Waals surface area contributed by atoms with Crippen LogP contribution in [0.15, 0.2) is 17.3 Å². The van der Waals surface area contributed by atoms with Crippen molar-refractivity contribution in [3.63, 3.8) is 0 Å². The van der Waals surface area contributed by atoms with Crippen molar-refractivity contribution in [1.29, 1.82) is 0 Å². The highest BCUT2D eigenvalue weighted by Crippen LogP contribution is 2.11. The first-order valence-corrected chi connectivity index (χ1v) is 5.84. The van der Waals surface area contributed by atoms with Crippen LogP contribution >= 0.6 is 0 Å². The van der Waals surface area contributed by atoms with Gasteiger partial charge >= 0.3 is 0 Å². The molecule has 2 heterocycles. The number of rotatable bonds is 6. The van der Waals surface area contributed by atoms with Gasteiger partial charge in [0.15, 0.2) is 0 Å². The molecule has 0 aromatic carbocycles. The predicted octanol–water partition coefficient (Wildman–Crippen LogP) is -1.95. The average molecular weight is 268 g/mol. The van der Waals surface area contributed by atoms with Gasteiger partial charge in [-0.3, -0.25) is 4.79 Å². The third-order valence-corrected chi connectivity index (χ3v) is 2.95. The SMILES string of the molecule is O=c1[nH]cnc2c(CN[C@@H](CO)[C@H](O)CO)c[nH]c12. The molecule has 0 saturated heterocycles. The smallest absolute Gasteiger partial charge is 0.275 e. The fourth-order valence-corrected chi connectivity index (χ4v) is 1.83. The Morgan fingerprint density at radius 3 is 2.79 bits per heavy atom. The summed E-state index contributed by atoms with van der Waals surface area (Å²) in [6.45, 7) is -0.444. The van der Waals surface area contributed by atoms with Crippen LogP contribution in [0.25, 0.3) is 11.0 Å². The molecule has 0 unspecified atom stereocenters. The van der Waals surface area contributed by atoms with Gasteiger partial charge in [-0.2, -0.15) is 0 Å². The first-order valence-electron chi connectivity index (χ1n) is 5.84. The van der Waals surface area contributed by atoms with Gasteiger partial charge < -0.3 is 30.6 Å². The molecule has 6 N–H and O–H groups in total. The van der Waals surface area contributed by atoms with E-state index in [-0.39, 0.29) is 12.2 Å². The molecule has 0 amide bonds. The highest BCUT2D eigenvalue weighted by atomic mass is 16.3. The summed E-state index contributed by atoms with van der Waals surface area (Å²) < 4.78 is 0. The maximum atomic E-state index is 11.5. The molecule has 19 heavy (non-hydrogen) atoms. The Hall–Kier alpha value is -1.74. The van der Waals surface area contributed by atoms with Crippen LogP contribution in [0.1, 0.15) is 5.56 Å². The summed E-state index contributed by atoms with van der Waals surface area (Å²) in [6.07, 6.45) is 1.90. The number of nitrogens with zero attached hydrogens (tertiary/aromatic N) is 1. The molecule has 0 aliphatic rings. The molecular formula is C11H16N4O4. The van der Waals surface area contributed by atoms with E-state index in [1.54, 1.807) is 6.20 Å². The van der Waals surface area contributed by atoms with Gasteiger partial charge in [0.2, 0.25) is 0 Å². The maximum Gasteiger partial charge on any atom is 0.275 e. The van der Waals surface area contributed by atoms with E-state index in [0.717, 1.165) is 5.56 Å². The standard InChI is InChI=1S/C11H16N4O4/c16-3-7(8(18)4-17)12-1-6-2-13-10-9(6)14-5-15-11(10)19/h2,5,7-8,12-13,16-18H,1,3-4H2,(H,14,15,19)/t7-,8+/m0/s1. The molecule has 2 aromatic rings. The summed E-state index contributed by atoms with van der Waals surface area (Å²) >= 11 is 0. The summed E-state index contributed by atoms with van der Waals surface area (Å²) in [5.74, 6) is 0. The number of hydrogen-bond donors (Lipinski definition) is 6.